The quantitative estimate of drug-likeness (QED) is 0.477. The van der Waals surface area contributed by atoms with Crippen LogP contribution in [0.4, 0.5) is 0 Å². The third-order valence-corrected chi connectivity index (χ3v) is 7.48. The number of nitrogens with zero attached hydrogens (tertiary/aromatic N) is 2. The van der Waals surface area contributed by atoms with Gasteiger partial charge in [-0.25, -0.2) is 0 Å². The lowest BCUT2D eigenvalue weighted by Gasteiger charge is -2.43. The third kappa shape index (κ3) is 3.06. The van der Waals surface area contributed by atoms with Crippen LogP contribution in [0, 0.1) is 5.92 Å². The number of amides is 1. The summed E-state index contributed by atoms with van der Waals surface area (Å²) in [5.41, 5.74) is 4.20. The number of carbonyl (C=O) groups excluding carboxylic acids is 1. The average Bonchev–Trinajstić information content (AvgIpc) is 3.15. The molecule has 0 saturated carbocycles. The number of hydrogen-bond acceptors (Lipinski definition) is 2. The van der Waals surface area contributed by atoms with Gasteiger partial charge >= 0.3 is 0 Å². The van der Waals surface area contributed by atoms with Crippen LogP contribution in [0.15, 0.2) is 59.4 Å². The van der Waals surface area contributed by atoms with Gasteiger partial charge in [-0.1, -0.05) is 29.8 Å². The van der Waals surface area contributed by atoms with E-state index in [1.54, 1.807) is 6.07 Å². The minimum Gasteiger partial charge on any atom is -0.355 e. The van der Waals surface area contributed by atoms with Gasteiger partial charge in [-0.2, -0.15) is 0 Å². The van der Waals surface area contributed by atoms with Gasteiger partial charge in [0.2, 0.25) is 5.91 Å². The molecule has 1 saturated heterocycles. The summed E-state index contributed by atoms with van der Waals surface area (Å²) in [5.74, 6) is 0.489. The monoisotopic (exact) mass is 445 g/mol. The van der Waals surface area contributed by atoms with Gasteiger partial charge < -0.3 is 14.5 Å². The minimum absolute atomic E-state index is 0.0678. The predicted octanol–water partition coefficient (Wildman–Crippen LogP) is 4.89. The van der Waals surface area contributed by atoms with E-state index >= 15 is 0 Å². The number of H-pyrrole nitrogens is 1. The number of aromatic nitrogens is 2. The van der Waals surface area contributed by atoms with Crippen molar-refractivity contribution in [2.45, 2.75) is 31.7 Å². The Morgan fingerprint density at radius 3 is 2.78 bits per heavy atom. The molecule has 3 atom stereocenters. The van der Waals surface area contributed by atoms with Crippen LogP contribution in [0.5, 0.6) is 0 Å². The molecule has 2 aliphatic rings. The zero-order valence-corrected chi connectivity index (χ0v) is 18.6. The number of benzene rings is 2. The van der Waals surface area contributed by atoms with Crippen LogP contribution in [0.3, 0.4) is 0 Å². The number of nitrogens with one attached hydrogen (secondary N) is 1. The van der Waals surface area contributed by atoms with E-state index in [4.69, 9.17) is 11.6 Å². The number of fused-ring (bicyclic) bond motifs is 7. The molecule has 2 bridgehead atoms. The molecule has 32 heavy (non-hydrogen) atoms. The first kappa shape index (κ1) is 19.6. The maximum atomic E-state index is 13.5. The van der Waals surface area contributed by atoms with E-state index in [0.717, 1.165) is 39.5 Å². The molecule has 5 nitrogen and oxygen atoms in total. The van der Waals surface area contributed by atoms with Crippen molar-refractivity contribution in [3.05, 3.63) is 81.2 Å². The van der Waals surface area contributed by atoms with Crippen molar-refractivity contribution in [3.8, 4) is 0 Å². The molecule has 2 aromatic carbocycles. The van der Waals surface area contributed by atoms with Gasteiger partial charge in [0.15, 0.2) is 0 Å². The summed E-state index contributed by atoms with van der Waals surface area (Å²) < 4.78 is 1.90. The largest absolute Gasteiger partial charge is 0.355 e. The summed E-state index contributed by atoms with van der Waals surface area (Å²) in [6, 6.07) is 17.6. The second-order valence-electron chi connectivity index (χ2n) is 9.28. The fourth-order valence-electron chi connectivity index (χ4n) is 5.66. The highest BCUT2D eigenvalue weighted by Gasteiger charge is 2.37. The zero-order valence-electron chi connectivity index (χ0n) is 17.8. The molecule has 6 rings (SSSR count). The lowest BCUT2D eigenvalue weighted by Crippen LogP contribution is -2.50. The lowest BCUT2D eigenvalue weighted by molar-refractivity contribution is -0.135. The minimum atomic E-state index is -0.230. The molecule has 0 unspecified atom stereocenters. The number of carbonyl (C=O) groups is 1. The second kappa shape index (κ2) is 7.24. The molecule has 0 radical (unpaired) electrons. The average molecular weight is 446 g/mol. The van der Waals surface area contributed by atoms with E-state index in [2.05, 4.69) is 23.2 Å². The molecule has 1 amide bonds. The molecule has 2 aliphatic heterocycles. The highest BCUT2D eigenvalue weighted by molar-refractivity contribution is 6.31. The number of likely N-dealkylation sites (tertiary alicyclic amines) is 1. The highest BCUT2D eigenvalue weighted by Crippen LogP contribution is 2.36. The van der Waals surface area contributed by atoms with Crippen LogP contribution in [-0.4, -0.2) is 33.4 Å². The van der Waals surface area contributed by atoms with Gasteiger partial charge in [0, 0.05) is 64.1 Å². The van der Waals surface area contributed by atoms with Crippen LogP contribution >= 0.6 is 11.6 Å². The fourth-order valence-corrected chi connectivity index (χ4v) is 5.83. The number of halogens is 1. The van der Waals surface area contributed by atoms with E-state index in [0.29, 0.717) is 30.6 Å². The maximum Gasteiger partial charge on any atom is 0.250 e. The third-order valence-electron chi connectivity index (χ3n) is 7.25. The number of aromatic amines is 1. The highest BCUT2D eigenvalue weighted by atomic mass is 35.5. The van der Waals surface area contributed by atoms with Crippen molar-refractivity contribution < 1.29 is 4.79 Å². The zero-order chi connectivity index (χ0) is 22.0. The summed E-state index contributed by atoms with van der Waals surface area (Å²) in [4.78, 5) is 31.2. The molecule has 1 fully saturated rings. The van der Waals surface area contributed by atoms with E-state index in [-0.39, 0.29) is 23.3 Å². The van der Waals surface area contributed by atoms with E-state index in [1.165, 1.54) is 0 Å². The Kier molecular flexibility index (Phi) is 4.44. The number of rotatable bonds is 2. The summed E-state index contributed by atoms with van der Waals surface area (Å²) in [7, 11) is 0. The lowest BCUT2D eigenvalue weighted by atomic mass is 9.82. The number of hydrogen-bond donors (Lipinski definition) is 1. The van der Waals surface area contributed by atoms with Gasteiger partial charge in [0.05, 0.1) is 5.92 Å². The smallest absolute Gasteiger partial charge is 0.250 e. The SMILES string of the molecule is C[C@H](C(=O)N1C[C@@H]2C[C@H](C1)c1cccc(=O)n1C2)c1ccc2c(c1)[nH]c1ccc(Cl)cc12. The van der Waals surface area contributed by atoms with Crippen molar-refractivity contribution in [1.82, 2.24) is 14.5 Å². The Labute approximate surface area is 190 Å². The van der Waals surface area contributed by atoms with Crippen molar-refractivity contribution in [3.63, 3.8) is 0 Å². The standard InChI is InChI=1S/C26H24ClN3O2/c1-15(17-5-7-20-21-11-19(27)6-8-22(21)28-23(20)10-17)26(32)29-12-16-9-18(14-29)24-3-2-4-25(31)30(24)13-16/h2-8,10-11,15-16,18,28H,9,12-14H2,1H3/t15-,16-,18+/m0/s1. The first-order valence-corrected chi connectivity index (χ1v) is 11.5. The van der Waals surface area contributed by atoms with Crippen molar-refractivity contribution in [2.75, 3.05) is 13.1 Å². The number of piperidine rings is 1. The fraction of sp³-hybridized carbons (Fsp3) is 0.308. The summed E-state index contributed by atoms with van der Waals surface area (Å²) in [5, 5.41) is 2.92. The molecular weight excluding hydrogens is 422 g/mol. The molecule has 4 aromatic rings. The van der Waals surface area contributed by atoms with Gasteiger partial charge in [-0.05, 0) is 55.2 Å². The molecule has 0 spiro atoms. The normalized spacial score (nSPS) is 21.0. The molecular formula is C26H24ClN3O2. The van der Waals surface area contributed by atoms with Crippen LogP contribution in [-0.2, 0) is 11.3 Å². The summed E-state index contributed by atoms with van der Waals surface area (Å²) in [6.07, 6.45) is 1.05. The van der Waals surface area contributed by atoms with Gasteiger partial charge in [-0.3, -0.25) is 9.59 Å². The molecule has 6 heteroatoms. The molecule has 162 valence electrons. The number of pyridine rings is 1. The van der Waals surface area contributed by atoms with Crippen LogP contribution in [0.25, 0.3) is 21.8 Å². The first-order valence-electron chi connectivity index (χ1n) is 11.2. The maximum absolute atomic E-state index is 13.5. The van der Waals surface area contributed by atoms with E-state index in [9.17, 15) is 9.59 Å². The van der Waals surface area contributed by atoms with E-state index in [1.807, 2.05) is 46.7 Å². The van der Waals surface area contributed by atoms with Crippen molar-refractivity contribution >= 4 is 39.3 Å². The molecule has 2 aromatic heterocycles. The summed E-state index contributed by atoms with van der Waals surface area (Å²) in [6.45, 7) is 4.09. The first-order chi connectivity index (χ1) is 15.5. The molecule has 1 N–H and O–H groups in total. The van der Waals surface area contributed by atoms with Crippen LogP contribution < -0.4 is 5.56 Å². The Morgan fingerprint density at radius 1 is 1.03 bits per heavy atom. The molecule has 4 heterocycles. The van der Waals surface area contributed by atoms with Gasteiger partial charge in [0.25, 0.3) is 5.56 Å². The van der Waals surface area contributed by atoms with Crippen molar-refractivity contribution in [2.24, 2.45) is 5.92 Å². The Hall–Kier alpha value is -3.05. The van der Waals surface area contributed by atoms with Crippen LogP contribution in [0.2, 0.25) is 5.02 Å². The van der Waals surface area contributed by atoms with Crippen LogP contribution in [0.1, 0.15) is 36.4 Å². The Morgan fingerprint density at radius 2 is 1.91 bits per heavy atom. The predicted molar refractivity (Wildman–Crippen MR) is 127 cm³/mol. The topological polar surface area (TPSA) is 58.1 Å². The van der Waals surface area contributed by atoms with Gasteiger partial charge in [-0.15, -0.1) is 0 Å². The van der Waals surface area contributed by atoms with Crippen molar-refractivity contribution in [1.29, 1.82) is 0 Å². The summed E-state index contributed by atoms with van der Waals surface area (Å²) >= 11 is 6.18. The van der Waals surface area contributed by atoms with E-state index < -0.39 is 0 Å². The molecule has 0 aliphatic carbocycles. The van der Waals surface area contributed by atoms with Gasteiger partial charge in [0.1, 0.15) is 0 Å². The Balaban J connectivity index is 1.29. The Bertz CT molecular complexity index is 1440. The second-order valence-corrected chi connectivity index (χ2v) is 9.72.